The zero-order valence-electron chi connectivity index (χ0n) is 23.2. The van der Waals surface area contributed by atoms with Gasteiger partial charge in [-0.3, -0.25) is 19.8 Å². The Kier molecular flexibility index (Phi) is 9.22. The number of ether oxygens (including phenoxy) is 2. The maximum Gasteiger partial charge on any atom is 0.282 e. The predicted molar refractivity (Wildman–Crippen MR) is 155 cm³/mol. The molecule has 2 aliphatic heterocycles. The second-order valence-electron chi connectivity index (χ2n) is 10.3. The first kappa shape index (κ1) is 29.4. The molecule has 0 aliphatic carbocycles. The van der Waals surface area contributed by atoms with E-state index in [0.717, 1.165) is 41.0 Å². The summed E-state index contributed by atoms with van der Waals surface area (Å²) < 4.78 is 10.5. The van der Waals surface area contributed by atoms with E-state index in [9.17, 15) is 14.4 Å². The van der Waals surface area contributed by atoms with Gasteiger partial charge in [0.25, 0.3) is 11.8 Å². The van der Waals surface area contributed by atoms with Crippen LogP contribution in [0.5, 0.6) is 0 Å². The summed E-state index contributed by atoms with van der Waals surface area (Å²) in [5, 5.41) is 6.41. The molecule has 41 heavy (non-hydrogen) atoms. The van der Waals surface area contributed by atoms with Gasteiger partial charge in [-0.15, -0.1) is 11.3 Å². The summed E-state index contributed by atoms with van der Waals surface area (Å²) in [6, 6.07) is 7.06. The molecule has 1 fully saturated rings. The number of hydrazine groups is 1. The highest BCUT2D eigenvalue weighted by Crippen LogP contribution is 2.25. The minimum Gasteiger partial charge on any atom is -0.384 e. The molecule has 12 nitrogen and oxygen atoms in total. The Morgan fingerprint density at radius 2 is 1.93 bits per heavy atom. The first-order chi connectivity index (χ1) is 19.7. The highest BCUT2D eigenvalue weighted by molar-refractivity contribution is 7.13. The molecule has 3 amide bonds. The number of fused-ring (bicyclic) bond motifs is 2. The summed E-state index contributed by atoms with van der Waals surface area (Å²) >= 11 is 7.48. The van der Waals surface area contributed by atoms with E-state index >= 15 is 0 Å². The molecule has 1 aromatic carbocycles. The zero-order chi connectivity index (χ0) is 29.1. The van der Waals surface area contributed by atoms with E-state index in [2.05, 4.69) is 25.6 Å². The van der Waals surface area contributed by atoms with Gasteiger partial charge in [0, 0.05) is 67.6 Å². The lowest BCUT2D eigenvalue weighted by atomic mass is 10.1. The number of thiazole rings is 1. The van der Waals surface area contributed by atoms with E-state index < -0.39 is 12.1 Å². The van der Waals surface area contributed by atoms with Crippen LogP contribution in [-0.2, 0) is 27.2 Å². The van der Waals surface area contributed by atoms with E-state index in [-0.39, 0.29) is 37.5 Å². The molecule has 0 radical (unpaired) electrons. The fourth-order valence-electron chi connectivity index (χ4n) is 5.14. The molecule has 3 aromatic rings. The van der Waals surface area contributed by atoms with Crippen LogP contribution in [0.15, 0.2) is 24.3 Å². The molecule has 4 heterocycles. The maximum atomic E-state index is 13.4. The Morgan fingerprint density at radius 3 is 2.68 bits per heavy atom. The number of rotatable bonds is 9. The summed E-state index contributed by atoms with van der Waals surface area (Å²) in [5.41, 5.74) is 4.99. The Balaban J connectivity index is 1.34. The number of H-pyrrole nitrogens is 1. The van der Waals surface area contributed by atoms with E-state index in [0.29, 0.717) is 28.8 Å². The predicted octanol–water partition coefficient (Wildman–Crippen LogP) is 1.72. The second-order valence-corrected chi connectivity index (χ2v) is 11.8. The molecule has 220 valence electrons. The molecule has 1 atom stereocenters. The van der Waals surface area contributed by atoms with Crippen LogP contribution in [0.4, 0.5) is 0 Å². The molecule has 2 aromatic heterocycles. The molecule has 3 N–H and O–H groups in total. The molecular weight excluding hydrogens is 570 g/mol. The molecule has 0 saturated carbocycles. The third kappa shape index (κ3) is 6.71. The lowest BCUT2D eigenvalue weighted by molar-refractivity contribution is -0.143. The van der Waals surface area contributed by atoms with Crippen molar-refractivity contribution in [3.63, 3.8) is 0 Å². The number of carbonyl (C=O) groups excluding carboxylic acids is 3. The number of aromatic amines is 1. The third-order valence-electron chi connectivity index (χ3n) is 7.26. The van der Waals surface area contributed by atoms with Crippen molar-refractivity contribution < 1.29 is 23.9 Å². The number of halogens is 1. The number of amides is 3. The van der Waals surface area contributed by atoms with Gasteiger partial charge in [0.15, 0.2) is 5.01 Å². The number of benzene rings is 1. The number of methoxy groups -OCH3 is 2. The van der Waals surface area contributed by atoms with E-state index in [1.165, 1.54) is 25.6 Å². The molecule has 1 saturated heterocycles. The first-order valence-corrected chi connectivity index (χ1v) is 14.6. The van der Waals surface area contributed by atoms with E-state index in [1.54, 1.807) is 28.1 Å². The van der Waals surface area contributed by atoms with Gasteiger partial charge in [0.2, 0.25) is 5.91 Å². The minimum atomic E-state index is -0.697. The summed E-state index contributed by atoms with van der Waals surface area (Å²) in [7, 11) is 5.12. The van der Waals surface area contributed by atoms with Gasteiger partial charge < -0.3 is 29.6 Å². The summed E-state index contributed by atoms with van der Waals surface area (Å²) in [6.45, 7) is 2.86. The van der Waals surface area contributed by atoms with Crippen molar-refractivity contribution in [3.8, 4) is 0 Å². The molecule has 0 spiro atoms. The number of likely N-dealkylation sites (N-methyl/N-ethyl adjacent to an activating group) is 1. The average Bonchev–Trinajstić information content (AvgIpc) is 3.57. The van der Waals surface area contributed by atoms with E-state index in [1.807, 2.05) is 13.1 Å². The van der Waals surface area contributed by atoms with Crippen LogP contribution >= 0.6 is 22.9 Å². The molecule has 1 unspecified atom stereocenters. The Morgan fingerprint density at radius 1 is 1.15 bits per heavy atom. The SMILES string of the molecule is COCC(COC)C(=O)N1CCN(NC(=O)c2cc3cc(Cl)ccc3[nH]2)C(NC(=O)c2nc3c(s2)CN(C)CC3)C1. The van der Waals surface area contributed by atoms with Crippen molar-refractivity contribution in [1.82, 2.24) is 35.5 Å². The van der Waals surface area contributed by atoms with Crippen molar-refractivity contribution in [2.75, 3.05) is 60.7 Å². The van der Waals surface area contributed by atoms with Gasteiger partial charge in [-0.05, 0) is 31.3 Å². The van der Waals surface area contributed by atoms with Gasteiger partial charge in [-0.25, -0.2) is 4.98 Å². The normalized spacial score (nSPS) is 18.1. The van der Waals surface area contributed by atoms with Gasteiger partial charge in [-0.1, -0.05) is 11.6 Å². The van der Waals surface area contributed by atoms with Crippen molar-refractivity contribution in [2.45, 2.75) is 19.1 Å². The third-order valence-corrected chi connectivity index (χ3v) is 8.58. The summed E-state index contributed by atoms with van der Waals surface area (Å²) in [5.74, 6) is -1.35. The highest BCUT2D eigenvalue weighted by atomic mass is 35.5. The number of piperazine rings is 1. The Bertz CT molecular complexity index is 1420. The maximum absolute atomic E-state index is 13.4. The minimum absolute atomic E-state index is 0.140. The fourth-order valence-corrected chi connectivity index (χ4v) is 6.41. The number of hydrogen-bond donors (Lipinski definition) is 3. The monoisotopic (exact) mass is 603 g/mol. The quantitative estimate of drug-likeness (QED) is 0.337. The van der Waals surface area contributed by atoms with Crippen LogP contribution in [0.1, 0.15) is 30.9 Å². The van der Waals surface area contributed by atoms with E-state index in [4.69, 9.17) is 21.1 Å². The highest BCUT2D eigenvalue weighted by Gasteiger charge is 2.35. The van der Waals surface area contributed by atoms with Gasteiger partial charge in [-0.2, -0.15) is 5.01 Å². The average molecular weight is 604 g/mol. The van der Waals surface area contributed by atoms with Gasteiger partial charge in [0.1, 0.15) is 11.9 Å². The second kappa shape index (κ2) is 12.8. The number of aromatic nitrogens is 2. The van der Waals surface area contributed by atoms with Crippen LogP contribution in [0, 0.1) is 5.92 Å². The summed E-state index contributed by atoms with van der Waals surface area (Å²) in [6.07, 6.45) is 0.0943. The number of carbonyl (C=O) groups is 3. The molecule has 5 rings (SSSR count). The largest absolute Gasteiger partial charge is 0.384 e. The van der Waals surface area contributed by atoms with Gasteiger partial charge >= 0.3 is 0 Å². The standard InChI is InChI=1S/C27H34ClN7O5S/c1-33-7-6-20-22(12-33)41-26(30-20)25(37)31-23-13-34(27(38)17(14-39-2)15-40-3)8-9-35(23)32-24(36)21-11-16-10-18(28)4-5-19(16)29-21/h4-5,10-11,17,23,29H,6-9,12-15H2,1-3H3,(H,31,37)(H,32,36). The first-order valence-electron chi connectivity index (χ1n) is 13.4. The number of nitrogens with one attached hydrogen (secondary N) is 3. The van der Waals surface area contributed by atoms with Crippen LogP contribution < -0.4 is 10.7 Å². The molecule has 2 aliphatic rings. The lowest BCUT2D eigenvalue weighted by Crippen LogP contribution is -2.66. The Hall–Kier alpha value is -3.07. The van der Waals surface area contributed by atoms with Crippen LogP contribution in [0.2, 0.25) is 5.02 Å². The van der Waals surface area contributed by atoms with Crippen molar-refractivity contribution in [2.24, 2.45) is 5.92 Å². The number of hydrogen-bond acceptors (Lipinski definition) is 9. The molecular formula is C27H34ClN7O5S. The van der Waals surface area contributed by atoms with Crippen molar-refractivity contribution in [1.29, 1.82) is 0 Å². The fraction of sp³-hybridized carbons (Fsp3) is 0.481. The van der Waals surface area contributed by atoms with Gasteiger partial charge in [0.05, 0.1) is 31.4 Å². The molecule has 14 heteroatoms. The zero-order valence-corrected chi connectivity index (χ0v) is 24.8. The Labute approximate surface area is 246 Å². The molecule has 0 bridgehead atoms. The lowest BCUT2D eigenvalue weighted by Gasteiger charge is -2.42. The topological polar surface area (TPSA) is 132 Å². The van der Waals surface area contributed by atoms with Crippen molar-refractivity contribution >= 4 is 51.6 Å². The smallest absolute Gasteiger partial charge is 0.282 e. The van der Waals surface area contributed by atoms with Crippen molar-refractivity contribution in [3.05, 3.63) is 50.6 Å². The summed E-state index contributed by atoms with van der Waals surface area (Å²) in [4.78, 5) is 52.6. The number of nitrogens with zero attached hydrogens (tertiary/aromatic N) is 4. The van der Waals surface area contributed by atoms with Crippen LogP contribution in [0.3, 0.4) is 0 Å². The van der Waals surface area contributed by atoms with Crippen LogP contribution in [-0.4, -0.2) is 109 Å². The van der Waals surface area contributed by atoms with Crippen LogP contribution in [0.25, 0.3) is 10.9 Å².